The van der Waals surface area contributed by atoms with E-state index in [1.54, 1.807) is 10.8 Å². The highest BCUT2D eigenvalue weighted by Gasteiger charge is 2.26. The Morgan fingerprint density at radius 1 is 1.25 bits per heavy atom. The molecule has 5 rings (SSSR count). The highest BCUT2D eigenvalue weighted by Crippen LogP contribution is 2.39. The first kappa shape index (κ1) is 13.5. The maximum Gasteiger partial charge on any atom is 0.200 e. The van der Waals surface area contributed by atoms with Crippen molar-refractivity contribution in [1.29, 1.82) is 0 Å². The van der Waals surface area contributed by atoms with Crippen molar-refractivity contribution in [3.63, 3.8) is 0 Å². The molecule has 1 aromatic carbocycles. The Labute approximate surface area is 138 Å². The SMILES string of the molecule is Cn1c(CNc2cc(C3CC3)nn3cnnc23)nc2ccccc21. The second-order valence-corrected chi connectivity index (χ2v) is 6.29. The lowest BCUT2D eigenvalue weighted by atomic mass is 10.2. The molecule has 0 atom stereocenters. The number of nitrogens with zero attached hydrogens (tertiary/aromatic N) is 6. The zero-order valence-electron chi connectivity index (χ0n) is 13.3. The summed E-state index contributed by atoms with van der Waals surface area (Å²) in [6, 6.07) is 10.3. The standard InChI is InChI=1S/C17H17N7/c1-23-15-5-3-2-4-12(15)20-16(23)9-18-14-8-13(11-6-7-11)22-24-10-19-21-17(14)24/h2-5,8,10-11,18H,6-7,9H2,1H3. The highest BCUT2D eigenvalue weighted by molar-refractivity contribution is 5.76. The van der Waals surface area contributed by atoms with Crippen molar-refractivity contribution in [3.05, 3.63) is 48.2 Å². The van der Waals surface area contributed by atoms with Gasteiger partial charge in [0.2, 0.25) is 5.65 Å². The Bertz CT molecular complexity index is 1040. The molecule has 0 saturated heterocycles. The van der Waals surface area contributed by atoms with Gasteiger partial charge in [0, 0.05) is 13.0 Å². The van der Waals surface area contributed by atoms with Gasteiger partial charge in [0.25, 0.3) is 0 Å². The Morgan fingerprint density at radius 2 is 2.12 bits per heavy atom. The molecule has 24 heavy (non-hydrogen) atoms. The molecule has 0 amide bonds. The van der Waals surface area contributed by atoms with E-state index in [1.165, 1.54) is 12.8 Å². The molecule has 0 aliphatic heterocycles. The Kier molecular flexibility index (Phi) is 2.82. The number of rotatable bonds is 4. The van der Waals surface area contributed by atoms with Gasteiger partial charge >= 0.3 is 0 Å². The van der Waals surface area contributed by atoms with Crippen molar-refractivity contribution >= 4 is 22.4 Å². The van der Waals surface area contributed by atoms with E-state index in [2.05, 4.69) is 37.3 Å². The Hall–Kier alpha value is -2.96. The fraction of sp³-hybridized carbons (Fsp3) is 0.294. The van der Waals surface area contributed by atoms with Crippen LogP contribution in [-0.4, -0.2) is 29.4 Å². The van der Waals surface area contributed by atoms with E-state index in [-0.39, 0.29) is 0 Å². The van der Waals surface area contributed by atoms with Crippen LogP contribution in [0.3, 0.4) is 0 Å². The molecule has 0 radical (unpaired) electrons. The first-order valence-corrected chi connectivity index (χ1v) is 8.15. The lowest BCUT2D eigenvalue weighted by Crippen LogP contribution is -2.08. The molecule has 1 aliphatic carbocycles. The number of anilines is 1. The van der Waals surface area contributed by atoms with Crippen LogP contribution >= 0.6 is 0 Å². The molecule has 3 aromatic heterocycles. The van der Waals surface area contributed by atoms with Crippen LogP contribution in [-0.2, 0) is 13.6 Å². The van der Waals surface area contributed by atoms with E-state index in [9.17, 15) is 0 Å². The number of imidazole rings is 1. The minimum Gasteiger partial charge on any atom is -0.375 e. The summed E-state index contributed by atoms with van der Waals surface area (Å²) in [5.74, 6) is 1.56. The van der Waals surface area contributed by atoms with Crippen molar-refractivity contribution in [2.45, 2.75) is 25.3 Å². The van der Waals surface area contributed by atoms with Crippen LogP contribution in [0.2, 0.25) is 0 Å². The van der Waals surface area contributed by atoms with Gasteiger partial charge in [0.15, 0.2) is 0 Å². The molecule has 1 fully saturated rings. The first-order chi connectivity index (χ1) is 11.8. The molecule has 7 heteroatoms. The van der Waals surface area contributed by atoms with Crippen molar-refractivity contribution in [2.75, 3.05) is 5.32 Å². The molecule has 1 aliphatic rings. The van der Waals surface area contributed by atoms with Crippen LogP contribution in [0.4, 0.5) is 5.69 Å². The number of benzene rings is 1. The van der Waals surface area contributed by atoms with Crippen LogP contribution in [0.25, 0.3) is 16.7 Å². The van der Waals surface area contributed by atoms with E-state index in [0.29, 0.717) is 12.5 Å². The van der Waals surface area contributed by atoms with Crippen molar-refractivity contribution in [2.24, 2.45) is 7.05 Å². The highest BCUT2D eigenvalue weighted by atomic mass is 15.3. The Morgan fingerprint density at radius 3 is 2.96 bits per heavy atom. The number of para-hydroxylation sites is 2. The van der Waals surface area contributed by atoms with Crippen LogP contribution < -0.4 is 5.32 Å². The third-order valence-electron chi connectivity index (χ3n) is 4.60. The van der Waals surface area contributed by atoms with E-state index in [4.69, 9.17) is 4.98 Å². The number of hydrogen-bond acceptors (Lipinski definition) is 5. The second kappa shape index (κ2) is 5.02. The third-order valence-corrected chi connectivity index (χ3v) is 4.60. The monoisotopic (exact) mass is 319 g/mol. The summed E-state index contributed by atoms with van der Waals surface area (Å²) in [6.07, 6.45) is 4.08. The summed E-state index contributed by atoms with van der Waals surface area (Å²) < 4.78 is 3.87. The maximum absolute atomic E-state index is 4.71. The van der Waals surface area contributed by atoms with Crippen LogP contribution in [0.5, 0.6) is 0 Å². The molecule has 7 nitrogen and oxygen atoms in total. The normalized spacial score (nSPS) is 14.5. The first-order valence-electron chi connectivity index (χ1n) is 8.15. The fourth-order valence-corrected chi connectivity index (χ4v) is 3.08. The summed E-state index contributed by atoms with van der Waals surface area (Å²) in [5.41, 5.74) is 4.96. The largest absolute Gasteiger partial charge is 0.375 e. The second-order valence-electron chi connectivity index (χ2n) is 6.29. The van der Waals surface area contributed by atoms with Gasteiger partial charge in [-0.25, -0.2) is 4.98 Å². The molecule has 0 bridgehead atoms. The van der Waals surface area contributed by atoms with Crippen LogP contribution in [0.1, 0.15) is 30.3 Å². The van der Waals surface area contributed by atoms with Gasteiger partial charge in [-0.2, -0.15) is 9.61 Å². The van der Waals surface area contributed by atoms with Gasteiger partial charge in [-0.3, -0.25) is 0 Å². The van der Waals surface area contributed by atoms with Gasteiger partial charge in [-0.15, -0.1) is 10.2 Å². The van der Waals surface area contributed by atoms with Gasteiger partial charge in [-0.05, 0) is 31.0 Å². The van der Waals surface area contributed by atoms with E-state index < -0.39 is 0 Å². The van der Waals surface area contributed by atoms with E-state index in [0.717, 1.165) is 33.9 Å². The summed E-state index contributed by atoms with van der Waals surface area (Å²) in [7, 11) is 2.04. The molecule has 3 heterocycles. The van der Waals surface area contributed by atoms with Crippen LogP contribution in [0.15, 0.2) is 36.7 Å². The lowest BCUT2D eigenvalue weighted by Gasteiger charge is -2.09. The maximum atomic E-state index is 4.71. The molecular weight excluding hydrogens is 302 g/mol. The van der Waals surface area contributed by atoms with Crippen LogP contribution in [0, 0.1) is 0 Å². The summed E-state index contributed by atoms with van der Waals surface area (Å²) in [4.78, 5) is 4.71. The van der Waals surface area contributed by atoms with E-state index >= 15 is 0 Å². The summed E-state index contributed by atoms with van der Waals surface area (Å²) in [5, 5.41) is 16.2. The molecule has 1 N–H and O–H groups in total. The van der Waals surface area contributed by atoms with Gasteiger partial charge < -0.3 is 9.88 Å². The predicted octanol–water partition coefficient (Wildman–Crippen LogP) is 2.50. The molecule has 120 valence electrons. The molecule has 1 saturated carbocycles. The molecule has 0 spiro atoms. The quantitative estimate of drug-likeness (QED) is 0.625. The minimum atomic E-state index is 0.577. The van der Waals surface area contributed by atoms with Gasteiger partial charge in [0.1, 0.15) is 12.2 Å². The van der Waals surface area contributed by atoms with E-state index in [1.807, 2.05) is 25.2 Å². The molecule has 4 aromatic rings. The van der Waals surface area contributed by atoms with Crippen molar-refractivity contribution in [1.82, 2.24) is 29.4 Å². The van der Waals surface area contributed by atoms with Gasteiger partial charge in [0.05, 0.1) is 29.0 Å². The van der Waals surface area contributed by atoms with Crippen molar-refractivity contribution in [3.8, 4) is 0 Å². The number of aromatic nitrogens is 6. The van der Waals surface area contributed by atoms with Gasteiger partial charge in [-0.1, -0.05) is 12.1 Å². The number of nitrogens with one attached hydrogen (secondary N) is 1. The number of hydrogen-bond donors (Lipinski definition) is 1. The number of fused-ring (bicyclic) bond motifs is 2. The fourth-order valence-electron chi connectivity index (χ4n) is 3.08. The topological polar surface area (TPSA) is 72.9 Å². The average molecular weight is 319 g/mol. The zero-order valence-corrected chi connectivity index (χ0v) is 13.3. The summed E-state index contributed by atoms with van der Waals surface area (Å²) in [6.45, 7) is 0.627. The molecular formula is C17H17N7. The predicted molar refractivity (Wildman–Crippen MR) is 90.8 cm³/mol. The molecule has 0 unspecified atom stereocenters. The minimum absolute atomic E-state index is 0.577. The third kappa shape index (κ3) is 2.12. The zero-order chi connectivity index (χ0) is 16.1. The number of aryl methyl sites for hydroxylation is 1. The summed E-state index contributed by atoms with van der Waals surface area (Å²) >= 11 is 0. The smallest absolute Gasteiger partial charge is 0.200 e. The van der Waals surface area contributed by atoms with Crippen molar-refractivity contribution < 1.29 is 0 Å². The average Bonchev–Trinajstić information content (AvgIpc) is 3.26. The lowest BCUT2D eigenvalue weighted by molar-refractivity contribution is 0.826. The Balaban J connectivity index is 1.49.